The number of thioether (sulfide) groups is 1. The first kappa shape index (κ1) is 9.55. The van der Waals surface area contributed by atoms with Gasteiger partial charge in [-0.05, 0) is 12.1 Å². The van der Waals surface area contributed by atoms with Crippen LogP contribution in [0.15, 0.2) is 35.2 Å². The predicted molar refractivity (Wildman–Crippen MR) is 55.0 cm³/mol. The zero-order chi connectivity index (χ0) is 10.0. The highest BCUT2D eigenvalue weighted by Gasteiger charge is 2.52. The summed E-state index contributed by atoms with van der Waals surface area (Å²) in [5, 5.41) is 3.04. The van der Waals surface area contributed by atoms with Crippen LogP contribution in [0.2, 0.25) is 0 Å². The summed E-state index contributed by atoms with van der Waals surface area (Å²) in [6.07, 6.45) is 0. The summed E-state index contributed by atoms with van der Waals surface area (Å²) in [6, 6.07) is 9.82. The molecule has 14 heavy (non-hydrogen) atoms. The van der Waals surface area contributed by atoms with Gasteiger partial charge in [0.05, 0.1) is 7.11 Å². The van der Waals surface area contributed by atoms with Gasteiger partial charge in [-0.15, -0.1) is 0 Å². The van der Waals surface area contributed by atoms with Crippen molar-refractivity contribution in [1.29, 1.82) is 0 Å². The lowest BCUT2D eigenvalue weighted by Gasteiger charge is -2.09. The number of hydrogen-bond donors (Lipinski definition) is 1. The number of methoxy groups -OCH3 is 1. The smallest absolute Gasteiger partial charge is 0.338 e. The quantitative estimate of drug-likeness (QED) is 0.601. The minimum Gasteiger partial charge on any atom is -0.467 e. The normalized spacial score (nSPS) is 24.4. The molecule has 0 spiro atoms. The fourth-order valence-electron chi connectivity index (χ4n) is 1.19. The summed E-state index contributed by atoms with van der Waals surface area (Å²) < 4.78 is 4.73. The van der Waals surface area contributed by atoms with Crippen molar-refractivity contribution in [3.8, 4) is 0 Å². The molecule has 0 aliphatic carbocycles. The van der Waals surface area contributed by atoms with E-state index in [4.69, 9.17) is 4.74 Å². The van der Waals surface area contributed by atoms with Crippen LogP contribution in [-0.4, -0.2) is 24.5 Å². The van der Waals surface area contributed by atoms with Crippen LogP contribution in [0.5, 0.6) is 0 Å². The van der Waals surface area contributed by atoms with E-state index in [-0.39, 0.29) is 5.97 Å². The standard InChI is InChI=1S/C10H11NO2S/c1-13-9(12)10(7-11-10)14-8-5-3-2-4-6-8/h2-6,11H,7H2,1H3/t10-/m1/s1. The third-order valence-electron chi connectivity index (χ3n) is 2.05. The van der Waals surface area contributed by atoms with E-state index in [1.165, 1.54) is 18.9 Å². The number of rotatable bonds is 3. The molecular weight excluding hydrogens is 198 g/mol. The Balaban J connectivity index is 2.08. The molecule has 0 aromatic heterocycles. The van der Waals surface area contributed by atoms with Crippen LogP contribution in [0.25, 0.3) is 0 Å². The van der Waals surface area contributed by atoms with Gasteiger partial charge in [0.25, 0.3) is 0 Å². The Kier molecular flexibility index (Phi) is 2.48. The molecule has 1 aliphatic heterocycles. The van der Waals surface area contributed by atoms with Gasteiger partial charge in [0.1, 0.15) is 0 Å². The highest BCUT2D eigenvalue weighted by atomic mass is 32.2. The lowest BCUT2D eigenvalue weighted by atomic mass is 10.4. The van der Waals surface area contributed by atoms with Crippen molar-refractivity contribution >= 4 is 17.7 Å². The highest BCUT2D eigenvalue weighted by molar-refractivity contribution is 8.01. The van der Waals surface area contributed by atoms with Gasteiger partial charge in [-0.25, -0.2) is 4.79 Å². The third-order valence-corrected chi connectivity index (χ3v) is 3.36. The molecule has 0 radical (unpaired) electrons. The second-order valence-electron chi connectivity index (χ2n) is 3.09. The lowest BCUT2D eigenvalue weighted by molar-refractivity contribution is -0.140. The maximum absolute atomic E-state index is 11.4. The Morgan fingerprint density at radius 3 is 2.64 bits per heavy atom. The summed E-state index contributed by atoms with van der Waals surface area (Å²) in [7, 11) is 1.41. The molecule has 2 rings (SSSR count). The summed E-state index contributed by atoms with van der Waals surface area (Å²) in [6.45, 7) is 0.680. The molecule has 0 bridgehead atoms. The monoisotopic (exact) mass is 209 g/mol. The van der Waals surface area contributed by atoms with E-state index in [1.807, 2.05) is 30.3 Å². The molecule has 0 amide bonds. The van der Waals surface area contributed by atoms with Gasteiger partial charge in [0.15, 0.2) is 4.87 Å². The molecule has 1 aromatic rings. The van der Waals surface area contributed by atoms with E-state index in [1.54, 1.807) is 0 Å². The van der Waals surface area contributed by atoms with Gasteiger partial charge in [0, 0.05) is 11.4 Å². The van der Waals surface area contributed by atoms with Crippen LogP contribution in [0.3, 0.4) is 0 Å². The molecule has 4 heteroatoms. The molecule has 1 heterocycles. The number of carbonyl (C=O) groups is 1. The first-order chi connectivity index (χ1) is 6.77. The maximum atomic E-state index is 11.4. The minimum absolute atomic E-state index is 0.202. The van der Waals surface area contributed by atoms with E-state index in [2.05, 4.69) is 5.32 Å². The Hall–Kier alpha value is -1.00. The van der Waals surface area contributed by atoms with E-state index in [0.717, 1.165) is 4.90 Å². The number of esters is 1. The van der Waals surface area contributed by atoms with Crippen LogP contribution < -0.4 is 5.32 Å². The summed E-state index contributed by atoms with van der Waals surface area (Å²) >= 11 is 1.50. The molecule has 1 fully saturated rings. The van der Waals surface area contributed by atoms with Gasteiger partial charge in [-0.3, -0.25) is 5.32 Å². The van der Waals surface area contributed by atoms with E-state index < -0.39 is 4.87 Å². The Morgan fingerprint density at radius 1 is 1.50 bits per heavy atom. The summed E-state index contributed by atoms with van der Waals surface area (Å²) in [5.41, 5.74) is 0. The first-order valence-corrected chi connectivity index (χ1v) is 5.16. The highest BCUT2D eigenvalue weighted by Crippen LogP contribution is 2.38. The van der Waals surface area contributed by atoms with Gasteiger partial charge < -0.3 is 4.74 Å². The summed E-state index contributed by atoms with van der Waals surface area (Å²) in [5.74, 6) is -0.202. The second-order valence-corrected chi connectivity index (χ2v) is 4.46. The molecule has 1 saturated heterocycles. The van der Waals surface area contributed by atoms with E-state index in [9.17, 15) is 4.79 Å². The molecule has 1 atom stereocenters. The Labute approximate surface area is 86.8 Å². The van der Waals surface area contributed by atoms with Crippen molar-refractivity contribution in [3.05, 3.63) is 30.3 Å². The zero-order valence-electron chi connectivity index (χ0n) is 7.82. The van der Waals surface area contributed by atoms with Crippen LogP contribution in [0.1, 0.15) is 0 Å². The maximum Gasteiger partial charge on any atom is 0.338 e. The average molecular weight is 209 g/mol. The fourth-order valence-corrected chi connectivity index (χ4v) is 2.27. The van der Waals surface area contributed by atoms with Gasteiger partial charge in [-0.1, -0.05) is 30.0 Å². The van der Waals surface area contributed by atoms with Crippen LogP contribution >= 0.6 is 11.8 Å². The molecule has 74 valence electrons. The zero-order valence-corrected chi connectivity index (χ0v) is 8.64. The minimum atomic E-state index is -0.532. The molecule has 1 N–H and O–H groups in total. The predicted octanol–water partition coefficient (Wildman–Crippen LogP) is 1.25. The Bertz CT molecular complexity index is 335. The number of nitrogens with one attached hydrogen (secondary N) is 1. The second kappa shape index (κ2) is 3.63. The number of benzene rings is 1. The van der Waals surface area contributed by atoms with Crippen LogP contribution in [0, 0.1) is 0 Å². The number of hydrogen-bond acceptors (Lipinski definition) is 4. The van der Waals surface area contributed by atoms with Gasteiger partial charge in [-0.2, -0.15) is 0 Å². The molecule has 3 nitrogen and oxygen atoms in total. The van der Waals surface area contributed by atoms with Crippen molar-refractivity contribution in [2.24, 2.45) is 0 Å². The van der Waals surface area contributed by atoms with Crippen molar-refractivity contribution in [1.82, 2.24) is 5.32 Å². The van der Waals surface area contributed by atoms with Crippen molar-refractivity contribution < 1.29 is 9.53 Å². The molecule has 1 aliphatic rings. The van der Waals surface area contributed by atoms with Crippen molar-refractivity contribution in [3.63, 3.8) is 0 Å². The van der Waals surface area contributed by atoms with E-state index >= 15 is 0 Å². The fraction of sp³-hybridized carbons (Fsp3) is 0.300. The first-order valence-electron chi connectivity index (χ1n) is 4.34. The molecule has 1 aromatic carbocycles. The largest absolute Gasteiger partial charge is 0.467 e. The summed E-state index contributed by atoms with van der Waals surface area (Å²) in [4.78, 5) is 11.9. The topological polar surface area (TPSA) is 48.2 Å². The van der Waals surface area contributed by atoms with Crippen molar-refractivity contribution in [2.45, 2.75) is 9.77 Å². The average Bonchev–Trinajstić information content (AvgIpc) is 2.99. The number of ether oxygens (including phenoxy) is 1. The van der Waals surface area contributed by atoms with Crippen molar-refractivity contribution in [2.75, 3.05) is 13.7 Å². The van der Waals surface area contributed by atoms with Gasteiger partial charge in [0.2, 0.25) is 0 Å². The molecular formula is C10H11NO2S. The molecule has 0 unspecified atom stereocenters. The Morgan fingerprint density at radius 2 is 2.14 bits per heavy atom. The van der Waals surface area contributed by atoms with Gasteiger partial charge >= 0.3 is 5.97 Å². The van der Waals surface area contributed by atoms with E-state index in [0.29, 0.717) is 6.54 Å². The van der Waals surface area contributed by atoms with Crippen LogP contribution in [-0.2, 0) is 9.53 Å². The third kappa shape index (κ3) is 1.76. The number of carbonyl (C=O) groups excluding carboxylic acids is 1. The van der Waals surface area contributed by atoms with Crippen LogP contribution in [0.4, 0.5) is 0 Å². The molecule has 0 saturated carbocycles. The lowest BCUT2D eigenvalue weighted by Crippen LogP contribution is -2.25. The SMILES string of the molecule is COC(=O)[C@]1(Sc2ccccc2)CN1.